The monoisotopic (exact) mass is 286 g/mol. The maximum atomic E-state index is 6.08. The number of hydrazine groups is 1. The molecule has 1 fully saturated rings. The summed E-state index contributed by atoms with van der Waals surface area (Å²) in [5.41, 5.74) is 4.55. The van der Waals surface area contributed by atoms with Gasteiger partial charge in [-0.05, 0) is 34.4 Å². The molecular weight excluding hydrogens is 267 g/mol. The summed E-state index contributed by atoms with van der Waals surface area (Å²) in [6.07, 6.45) is 0. The van der Waals surface area contributed by atoms with E-state index in [0.717, 1.165) is 5.56 Å². The summed E-state index contributed by atoms with van der Waals surface area (Å²) in [5, 5.41) is 1.15. The van der Waals surface area contributed by atoms with E-state index < -0.39 is 0 Å². The van der Waals surface area contributed by atoms with Crippen molar-refractivity contribution in [3.63, 3.8) is 0 Å². The van der Waals surface area contributed by atoms with Gasteiger partial charge in [-0.3, -0.25) is 11.3 Å². The van der Waals surface area contributed by atoms with Crippen LogP contribution < -0.4 is 11.3 Å². The molecule has 1 unspecified atom stereocenters. The Kier molecular flexibility index (Phi) is 3.44. The van der Waals surface area contributed by atoms with Gasteiger partial charge in [0.25, 0.3) is 0 Å². The van der Waals surface area contributed by atoms with E-state index in [2.05, 4.69) is 33.1 Å². The molecule has 0 amide bonds. The van der Waals surface area contributed by atoms with Crippen LogP contribution in [0.3, 0.4) is 0 Å². The van der Waals surface area contributed by atoms with Crippen molar-refractivity contribution in [1.82, 2.24) is 5.43 Å². The molecule has 2 nitrogen and oxygen atoms in total. The van der Waals surface area contributed by atoms with Gasteiger partial charge in [-0.1, -0.05) is 57.0 Å². The predicted molar refractivity (Wildman–Crippen MR) is 77.6 cm³/mol. The Balaban J connectivity index is 2.33. The summed E-state index contributed by atoms with van der Waals surface area (Å²) in [6, 6.07) is 5.82. The zero-order valence-corrected chi connectivity index (χ0v) is 12.7. The first-order chi connectivity index (χ1) is 8.23. The van der Waals surface area contributed by atoms with Crippen molar-refractivity contribution in [3.05, 3.63) is 33.8 Å². The minimum Gasteiger partial charge on any atom is -0.271 e. The van der Waals surface area contributed by atoms with Gasteiger partial charge in [-0.2, -0.15) is 0 Å². The molecule has 0 aliphatic heterocycles. The molecule has 0 saturated heterocycles. The van der Waals surface area contributed by atoms with E-state index in [4.69, 9.17) is 29.0 Å². The molecule has 0 heterocycles. The first-order valence-electron chi connectivity index (χ1n) is 6.14. The van der Waals surface area contributed by atoms with E-state index in [9.17, 15) is 0 Å². The minimum atomic E-state index is 0.102. The Labute approximate surface area is 119 Å². The van der Waals surface area contributed by atoms with Crippen LogP contribution in [0.1, 0.15) is 39.3 Å². The summed E-state index contributed by atoms with van der Waals surface area (Å²) >= 11 is 12.0. The average Bonchev–Trinajstić information content (AvgIpc) is 2.67. The Morgan fingerprint density at radius 2 is 1.67 bits per heavy atom. The van der Waals surface area contributed by atoms with Crippen molar-refractivity contribution >= 4 is 23.2 Å². The second-order valence-corrected chi connectivity index (χ2v) is 7.05. The van der Waals surface area contributed by atoms with Crippen LogP contribution in [0.25, 0.3) is 0 Å². The normalized spacial score (nSPS) is 22.8. The smallest absolute Gasteiger partial charge is 0.0595 e. The van der Waals surface area contributed by atoms with Gasteiger partial charge in [-0.15, -0.1) is 0 Å². The molecular formula is C14H20Cl2N2. The Bertz CT molecular complexity index is 455. The lowest BCUT2D eigenvalue weighted by Crippen LogP contribution is -2.31. The number of nitrogens with two attached hydrogens (primary N) is 1. The van der Waals surface area contributed by atoms with Gasteiger partial charge in [0.2, 0.25) is 0 Å². The van der Waals surface area contributed by atoms with E-state index in [1.54, 1.807) is 0 Å². The molecule has 1 aliphatic rings. The first kappa shape index (κ1) is 14.1. The van der Waals surface area contributed by atoms with Gasteiger partial charge in [0.05, 0.1) is 10.0 Å². The van der Waals surface area contributed by atoms with E-state index in [0.29, 0.717) is 16.0 Å². The summed E-state index contributed by atoms with van der Waals surface area (Å²) in [4.78, 5) is 0. The highest BCUT2D eigenvalue weighted by atomic mass is 35.5. The third-order valence-electron chi connectivity index (χ3n) is 4.95. The zero-order valence-electron chi connectivity index (χ0n) is 11.2. The number of rotatable bonds is 3. The second kappa shape index (κ2) is 4.38. The molecule has 3 N–H and O–H groups in total. The summed E-state index contributed by atoms with van der Waals surface area (Å²) < 4.78 is 0. The van der Waals surface area contributed by atoms with Crippen molar-refractivity contribution in [2.45, 2.75) is 33.7 Å². The van der Waals surface area contributed by atoms with E-state index >= 15 is 0 Å². The fourth-order valence-corrected chi connectivity index (χ4v) is 3.48. The fourth-order valence-electron chi connectivity index (χ4n) is 3.17. The number of hydrogen-bond donors (Lipinski definition) is 2. The molecule has 1 aromatic carbocycles. The van der Waals surface area contributed by atoms with Crippen molar-refractivity contribution < 1.29 is 0 Å². The lowest BCUT2D eigenvalue weighted by Gasteiger charge is -2.19. The van der Waals surface area contributed by atoms with Gasteiger partial charge in [0.15, 0.2) is 0 Å². The molecule has 1 saturated carbocycles. The molecule has 4 heteroatoms. The molecule has 18 heavy (non-hydrogen) atoms. The van der Waals surface area contributed by atoms with Gasteiger partial charge < -0.3 is 0 Å². The van der Waals surface area contributed by atoms with Crippen LogP contribution in [0.2, 0.25) is 10.0 Å². The third kappa shape index (κ3) is 1.96. The Morgan fingerprint density at radius 3 is 2.06 bits per heavy atom. The van der Waals surface area contributed by atoms with Gasteiger partial charge in [0, 0.05) is 6.04 Å². The fraction of sp³-hybridized carbons (Fsp3) is 0.571. The molecule has 1 aromatic rings. The van der Waals surface area contributed by atoms with Crippen LogP contribution in [0.4, 0.5) is 0 Å². The molecule has 2 rings (SSSR count). The largest absolute Gasteiger partial charge is 0.271 e. The topological polar surface area (TPSA) is 38.0 Å². The molecule has 0 spiro atoms. The number of halogens is 2. The highest BCUT2D eigenvalue weighted by Gasteiger charge is 2.67. The van der Waals surface area contributed by atoms with Crippen LogP contribution in [-0.4, -0.2) is 0 Å². The molecule has 1 aliphatic carbocycles. The summed E-state index contributed by atoms with van der Waals surface area (Å²) in [6.45, 7) is 9.11. The third-order valence-corrected chi connectivity index (χ3v) is 5.69. The highest BCUT2D eigenvalue weighted by molar-refractivity contribution is 6.42. The minimum absolute atomic E-state index is 0.102. The van der Waals surface area contributed by atoms with Crippen LogP contribution in [0, 0.1) is 16.7 Å². The van der Waals surface area contributed by atoms with Crippen molar-refractivity contribution in [2.24, 2.45) is 22.6 Å². The molecule has 0 aromatic heterocycles. The van der Waals surface area contributed by atoms with Crippen molar-refractivity contribution in [1.29, 1.82) is 0 Å². The standard InChI is InChI=1S/C14H20Cl2N2/c1-13(2)12(14(13,3)4)11(18-17)8-5-6-9(15)10(16)7-8/h5-7,11-12,18H,17H2,1-4H3. The second-order valence-electron chi connectivity index (χ2n) is 6.24. The molecule has 0 bridgehead atoms. The van der Waals surface area contributed by atoms with E-state index in [-0.39, 0.29) is 16.9 Å². The van der Waals surface area contributed by atoms with Crippen molar-refractivity contribution in [3.8, 4) is 0 Å². The Morgan fingerprint density at radius 1 is 1.11 bits per heavy atom. The Hall–Kier alpha value is -0.280. The van der Waals surface area contributed by atoms with Crippen LogP contribution in [0.5, 0.6) is 0 Å². The van der Waals surface area contributed by atoms with Gasteiger partial charge in [0.1, 0.15) is 0 Å². The van der Waals surface area contributed by atoms with E-state index in [1.165, 1.54) is 0 Å². The molecule has 0 radical (unpaired) electrons. The van der Waals surface area contributed by atoms with Crippen LogP contribution in [0.15, 0.2) is 18.2 Å². The average molecular weight is 287 g/mol. The highest BCUT2D eigenvalue weighted by Crippen LogP contribution is 2.72. The number of nitrogens with one attached hydrogen (secondary N) is 1. The first-order valence-corrected chi connectivity index (χ1v) is 6.90. The lowest BCUT2D eigenvalue weighted by molar-refractivity contribution is 0.417. The molecule has 1 atom stereocenters. The van der Waals surface area contributed by atoms with Crippen LogP contribution >= 0.6 is 23.2 Å². The number of hydrogen-bond acceptors (Lipinski definition) is 2. The van der Waals surface area contributed by atoms with Gasteiger partial charge in [-0.25, -0.2) is 0 Å². The van der Waals surface area contributed by atoms with Crippen molar-refractivity contribution in [2.75, 3.05) is 0 Å². The maximum Gasteiger partial charge on any atom is 0.0595 e. The lowest BCUT2D eigenvalue weighted by atomic mass is 9.97. The quantitative estimate of drug-likeness (QED) is 0.646. The van der Waals surface area contributed by atoms with Gasteiger partial charge >= 0.3 is 0 Å². The zero-order chi connectivity index (χ0) is 13.7. The maximum absolute atomic E-state index is 6.08. The number of benzene rings is 1. The van der Waals surface area contributed by atoms with E-state index in [1.807, 2.05) is 18.2 Å². The molecule has 100 valence electrons. The summed E-state index contributed by atoms with van der Waals surface area (Å²) in [5.74, 6) is 6.23. The predicted octanol–water partition coefficient (Wildman–Crippen LogP) is 4.18. The van der Waals surface area contributed by atoms with Crippen LogP contribution in [-0.2, 0) is 0 Å². The SMILES string of the molecule is CC1(C)C(C(NN)c2ccc(Cl)c(Cl)c2)C1(C)C. The summed E-state index contributed by atoms with van der Waals surface area (Å²) in [7, 11) is 0.